The van der Waals surface area contributed by atoms with Crippen LogP contribution in [0.15, 0.2) is 89.6 Å². The van der Waals surface area contributed by atoms with Gasteiger partial charge in [0.15, 0.2) is 0 Å². The third-order valence-corrected chi connectivity index (χ3v) is 5.87. The molecule has 0 bridgehead atoms. The van der Waals surface area contributed by atoms with Gasteiger partial charge in [-0.25, -0.2) is 9.97 Å². The summed E-state index contributed by atoms with van der Waals surface area (Å²) in [7, 11) is 0. The van der Waals surface area contributed by atoms with Crippen LogP contribution in [0.4, 0.5) is 0 Å². The lowest BCUT2D eigenvalue weighted by molar-refractivity contribution is 0.669. The number of benzene rings is 3. The van der Waals surface area contributed by atoms with Gasteiger partial charge in [-0.2, -0.15) is 10.5 Å². The summed E-state index contributed by atoms with van der Waals surface area (Å²) in [4.78, 5) is 8.16. The normalized spacial score (nSPS) is 11.0. The number of furan rings is 1. The average molecular weight is 422 g/mol. The molecule has 0 aliphatic heterocycles. The van der Waals surface area contributed by atoms with Gasteiger partial charge in [0.05, 0.1) is 0 Å². The predicted octanol–water partition coefficient (Wildman–Crippen LogP) is 6.61. The third kappa shape index (κ3) is 3.00. The largest absolute Gasteiger partial charge is 0.456 e. The van der Waals surface area contributed by atoms with E-state index < -0.39 is 0 Å². The van der Waals surface area contributed by atoms with Crippen LogP contribution < -0.4 is 0 Å². The molecular formula is C28H14N4O. The van der Waals surface area contributed by atoms with E-state index in [0.29, 0.717) is 11.4 Å². The Labute approximate surface area is 188 Å². The maximum Gasteiger partial charge on any atom is 0.141 e. The number of nitriles is 2. The Hall–Kier alpha value is -5.00. The molecule has 0 amide bonds. The Morgan fingerprint density at radius 2 is 1.27 bits per heavy atom. The van der Waals surface area contributed by atoms with Gasteiger partial charge >= 0.3 is 0 Å². The smallest absolute Gasteiger partial charge is 0.141 e. The molecule has 3 heterocycles. The molecule has 0 fully saturated rings. The molecule has 5 nitrogen and oxygen atoms in total. The van der Waals surface area contributed by atoms with Crippen molar-refractivity contribution in [2.45, 2.75) is 0 Å². The Balaban J connectivity index is 1.63. The summed E-state index contributed by atoms with van der Waals surface area (Å²) in [5.74, 6) is 0. The van der Waals surface area contributed by atoms with Gasteiger partial charge in [-0.15, -0.1) is 0 Å². The van der Waals surface area contributed by atoms with E-state index in [4.69, 9.17) is 4.42 Å². The number of fused-ring (bicyclic) bond motifs is 5. The van der Waals surface area contributed by atoms with Crippen molar-refractivity contribution < 1.29 is 4.42 Å². The lowest BCUT2D eigenvalue weighted by Gasteiger charge is -2.08. The first-order valence-electron chi connectivity index (χ1n) is 10.4. The van der Waals surface area contributed by atoms with Crippen molar-refractivity contribution >= 4 is 32.7 Å². The monoisotopic (exact) mass is 422 g/mol. The van der Waals surface area contributed by atoms with E-state index in [2.05, 4.69) is 40.3 Å². The highest BCUT2D eigenvalue weighted by atomic mass is 16.3. The summed E-state index contributed by atoms with van der Waals surface area (Å²) in [5, 5.41) is 22.7. The molecule has 0 N–H and O–H groups in total. The van der Waals surface area contributed by atoms with E-state index in [1.807, 2.05) is 42.5 Å². The topological polar surface area (TPSA) is 86.5 Å². The maximum absolute atomic E-state index is 9.29. The zero-order valence-electron chi connectivity index (χ0n) is 17.3. The minimum absolute atomic E-state index is 0.375. The number of rotatable bonds is 2. The number of aromatic nitrogens is 2. The lowest BCUT2D eigenvalue weighted by atomic mass is 9.94. The summed E-state index contributed by atoms with van der Waals surface area (Å²) in [6.45, 7) is 0. The number of nitrogens with zero attached hydrogens (tertiary/aromatic N) is 4. The molecule has 0 atom stereocenters. The van der Waals surface area contributed by atoms with Crippen LogP contribution in [0.5, 0.6) is 0 Å². The fourth-order valence-electron chi connectivity index (χ4n) is 4.39. The summed E-state index contributed by atoms with van der Waals surface area (Å²) in [6, 6.07) is 27.9. The Morgan fingerprint density at radius 1 is 0.606 bits per heavy atom. The van der Waals surface area contributed by atoms with Crippen molar-refractivity contribution in [3.63, 3.8) is 0 Å². The molecule has 152 valence electrons. The first-order valence-corrected chi connectivity index (χ1v) is 10.4. The summed E-state index contributed by atoms with van der Waals surface area (Å²) in [5.41, 5.74) is 6.08. The van der Waals surface area contributed by atoms with Crippen LogP contribution in [-0.2, 0) is 0 Å². The first kappa shape index (κ1) is 18.7. The number of hydrogen-bond donors (Lipinski definition) is 0. The summed E-state index contributed by atoms with van der Waals surface area (Å²) < 4.78 is 6.34. The molecule has 0 aliphatic carbocycles. The molecule has 3 aromatic carbocycles. The van der Waals surface area contributed by atoms with Gasteiger partial charge < -0.3 is 4.42 Å². The van der Waals surface area contributed by atoms with Gasteiger partial charge in [-0.05, 0) is 75.5 Å². The van der Waals surface area contributed by atoms with Crippen molar-refractivity contribution in [1.29, 1.82) is 10.5 Å². The van der Waals surface area contributed by atoms with Crippen LogP contribution in [0, 0.1) is 22.7 Å². The fraction of sp³-hybridized carbons (Fsp3) is 0. The second kappa shape index (κ2) is 7.30. The summed E-state index contributed by atoms with van der Waals surface area (Å²) >= 11 is 0. The quantitative estimate of drug-likeness (QED) is 0.313. The fourth-order valence-corrected chi connectivity index (χ4v) is 4.39. The molecule has 33 heavy (non-hydrogen) atoms. The number of hydrogen-bond acceptors (Lipinski definition) is 5. The highest BCUT2D eigenvalue weighted by molar-refractivity contribution is 6.22. The van der Waals surface area contributed by atoms with Crippen molar-refractivity contribution in [3.05, 3.63) is 96.6 Å². The molecule has 6 rings (SSSR count). The van der Waals surface area contributed by atoms with Gasteiger partial charge in [-0.1, -0.05) is 30.3 Å². The molecule has 0 spiro atoms. The molecule has 5 heteroatoms. The van der Waals surface area contributed by atoms with Crippen LogP contribution in [0.1, 0.15) is 11.4 Å². The highest BCUT2D eigenvalue weighted by Gasteiger charge is 2.16. The van der Waals surface area contributed by atoms with E-state index in [0.717, 1.165) is 55.0 Å². The maximum atomic E-state index is 9.29. The van der Waals surface area contributed by atoms with Crippen LogP contribution >= 0.6 is 0 Å². The highest BCUT2D eigenvalue weighted by Crippen LogP contribution is 2.40. The number of pyridine rings is 2. The zero-order valence-corrected chi connectivity index (χ0v) is 17.3. The van der Waals surface area contributed by atoms with Gasteiger partial charge in [0.2, 0.25) is 0 Å². The molecular weight excluding hydrogens is 408 g/mol. The SMILES string of the molecule is N#Cc1cc(-c2ccc3c(c2)oc2cc(-c4ccnc(C#N)c4)c4ccccc4c23)ccn1. The van der Waals surface area contributed by atoms with Gasteiger partial charge in [0.25, 0.3) is 0 Å². The lowest BCUT2D eigenvalue weighted by Crippen LogP contribution is -1.86. The standard InChI is InChI=1S/C28H14N4O/c29-15-20-11-18(7-9-31-20)17-5-6-24-26(13-17)33-27-14-25(19-8-10-32-21(12-19)16-30)22-3-1-2-4-23(22)28(24)27/h1-14H. The van der Waals surface area contributed by atoms with E-state index in [9.17, 15) is 10.5 Å². The average Bonchev–Trinajstić information content (AvgIpc) is 3.26. The van der Waals surface area contributed by atoms with Crippen LogP contribution in [0.2, 0.25) is 0 Å². The van der Waals surface area contributed by atoms with Crippen LogP contribution in [0.3, 0.4) is 0 Å². The van der Waals surface area contributed by atoms with E-state index in [1.165, 1.54) is 0 Å². The van der Waals surface area contributed by atoms with Gasteiger partial charge in [0, 0.05) is 23.2 Å². The molecule has 0 unspecified atom stereocenters. The van der Waals surface area contributed by atoms with Crippen molar-refractivity contribution in [3.8, 4) is 34.4 Å². The first-order chi connectivity index (χ1) is 16.2. The Morgan fingerprint density at radius 3 is 2.03 bits per heavy atom. The van der Waals surface area contributed by atoms with Crippen molar-refractivity contribution in [1.82, 2.24) is 9.97 Å². The minimum atomic E-state index is 0.375. The Kier molecular flexibility index (Phi) is 4.15. The second-order valence-electron chi connectivity index (χ2n) is 7.74. The van der Waals surface area contributed by atoms with E-state index >= 15 is 0 Å². The van der Waals surface area contributed by atoms with E-state index in [1.54, 1.807) is 24.5 Å². The van der Waals surface area contributed by atoms with Crippen LogP contribution in [0.25, 0.3) is 55.0 Å². The molecule has 0 radical (unpaired) electrons. The second-order valence-corrected chi connectivity index (χ2v) is 7.74. The predicted molar refractivity (Wildman–Crippen MR) is 127 cm³/mol. The van der Waals surface area contributed by atoms with E-state index in [-0.39, 0.29) is 0 Å². The summed E-state index contributed by atoms with van der Waals surface area (Å²) in [6.07, 6.45) is 3.29. The zero-order chi connectivity index (χ0) is 22.4. The molecule has 0 saturated heterocycles. The van der Waals surface area contributed by atoms with Gasteiger partial charge in [-0.3, -0.25) is 0 Å². The molecule has 0 aliphatic rings. The molecule has 3 aromatic heterocycles. The third-order valence-electron chi connectivity index (χ3n) is 5.87. The Bertz CT molecular complexity index is 1800. The molecule has 6 aromatic rings. The van der Waals surface area contributed by atoms with Crippen molar-refractivity contribution in [2.24, 2.45) is 0 Å². The van der Waals surface area contributed by atoms with Gasteiger partial charge in [0.1, 0.15) is 34.7 Å². The van der Waals surface area contributed by atoms with Crippen LogP contribution in [-0.4, -0.2) is 9.97 Å². The molecule has 0 saturated carbocycles. The minimum Gasteiger partial charge on any atom is -0.456 e. The van der Waals surface area contributed by atoms with Crippen molar-refractivity contribution in [2.75, 3.05) is 0 Å².